The summed E-state index contributed by atoms with van der Waals surface area (Å²) in [6.45, 7) is 9.00. The molecule has 0 amide bonds. The molecule has 0 unspecified atom stereocenters. The van der Waals surface area contributed by atoms with Crippen LogP contribution in [0.25, 0.3) is 0 Å². The van der Waals surface area contributed by atoms with Crippen molar-refractivity contribution in [3.63, 3.8) is 0 Å². The van der Waals surface area contributed by atoms with Crippen molar-refractivity contribution < 1.29 is 0 Å². The van der Waals surface area contributed by atoms with Gasteiger partial charge in [0, 0.05) is 0 Å². The summed E-state index contributed by atoms with van der Waals surface area (Å²) in [5.74, 6) is 2.15. The van der Waals surface area contributed by atoms with Crippen molar-refractivity contribution in [3.05, 3.63) is 0 Å². The zero-order valence-corrected chi connectivity index (χ0v) is 7.79. The Hall–Kier alpha value is 0.310. The molecule has 2 heteroatoms. The Bertz CT molecular complexity index is 44.9. The molecular weight excluding hydrogens is 130 g/mol. The fourth-order valence-corrected chi connectivity index (χ4v) is 1.15. The summed E-state index contributed by atoms with van der Waals surface area (Å²) in [6.07, 6.45) is 0. The molecule has 0 aromatic rings. The second-order valence-electron chi connectivity index (χ2n) is 2.78. The molecule has 0 aliphatic carbocycles. The molecule has 0 aromatic carbocycles. The fourth-order valence-electron chi connectivity index (χ4n) is 0.385. The molecule has 0 saturated heterocycles. The van der Waals surface area contributed by atoms with Gasteiger partial charge in [-0.1, -0.05) is 27.7 Å². The smallest absolute Gasteiger partial charge is 0.000958 e. The van der Waals surface area contributed by atoms with Crippen molar-refractivity contribution in [2.75, 3.05) is 5.75 Å². The average Bonchev–Trinajstić information content (AvgIpc) is 1.61. The second kappa shape index (κ2) is 6.43. The van der Waals surface area contributed by atoms with Crippen molar-refractivity contribution >= 4 is 11.8 Å². The highest BCUT2D eigenvalue weighted by molar-refractivity contribution is 7.99. The molecule has 0 aromatic heterocycles. The van der Waals surface area contributed by atoms with Gasteiger partial charge in [0.1, 0.15) is 0 Å². The Balaban J connectivity index is 0. The van der Waals surface area contributed by atoms with Crippen molar-refractivity contribution in [2.45, 2.75) is 32.9 Å². The summed E-state index contributed by atoms with van der Waals surface area (Å²) < 4.78 is 0. The normalized spacial score (nSPS) is 10.0. The summed E-state index contributed by atoms with van der Waals surface area (Å²) in [4.78, 5) is 0. The van der Waals surface area contributed by atoms with Gasteiger partial charge in [-0.3, -0.25) is 0 Å². The van der Waals surface area contributed by atoms with Crippen molar-refractivity contribution in [3.8, 4) is 0 Å². The number of hydrogen-bond acceptors (Lipinski definition) is 2. The lowest BCUT2D eigenvalue weighted by Crippen LogP contribution is -1.95. The molecular formula is C7H19NS. The number of rotatable bonds is 3. The van der Waals surface area contributed by atoms with Crippen LogP contribution >= 0.6 is 11.8 Å². The van der Waals surface area contributed by atoms with Gasteiger partial charge in [-0.05, 0) is 16.9 Å². The largest absolute Gasteiger partial charge is 0.344 e. The Morgan fingerprint density at radius 1 is 1.11 bits per heavy atom. The molecule has 0 fully saturated rings. The van der Waals surface area contributed by atoms with Crippen LogP contribution in [0.4, 0.5) is 0 Å². The molecule has 0 aliphatic heterocycles. The Kier molecular flexibility index (Phi) is 8.60. The van der Waals surface area contributed by atoms with E-state index in [1.807, 2.05) is 11.8 Å². The first kappa shape index (κ1) is 12.0. The summed E-state index contributed by atoms with van der Waals surface area (Å²) in [7, 11) is 0. The topological polar surface area (TPSA) is 35.0 Å². The predicted molar refractivity (Wildman–Crippen MR) is 47.5 cm³/mol. The lowest BCUT2D eigenvalue weighted by molar-refractivity contribution is 0.748. The molecule has 0 rings (SSSR count). The van der Waals surface area contributed by atoms with Crippen LogP contribution in [0.3, 0.4) is 0 Å². The third kappa shape index (κ3) is 11.7. The van der Waals surface area contributed by atoms with Gasteiger partial charge < -0.3 is 6.15 Å². The maximum atomic E-state index is 2.26. The van der Waals surface area contributed by atoms with E-state index in [4.69, 9.17) is 0 Å². The molecule has 0 heterocycles. The van der Waals surface area contributed by atoms with E-state index in [1.54, 1.807) is 0 Å². The number of thioether (sulfide) groups is 1. The van der Waals surface area contributed by atoms with E-state index in [2.05, 4.69) is 27.7 Å². The van der Waals surface area contributed by atoms with Crippen molar-refractivity contribution in [2.24, 2.45) is 5.92 Å². The summed E-state index contributed by atoms with van der Waals surface area (Å²) in [5, 5.41) is 0.803. The molecule has 0 aliphatic rings. The van der Waals surface area contributed by atoms with Crippen LogP contribution < -0.4 is 6.15 Å². The molecule has 0 radical (unpaired) electrons. The molecule has 0 saturated carbocycles. The van der Waals surface area contributed by atoms with Crippen LogP contribution in [0, 0.1) is 5.92 Å². The molecule has 0 spiro atoms. The fraction of sp³-hybridized carbons (Fsp3) is 1.00. The third-order valence-corrected chi connectivity index (χ3v) is 2.29. The predicted octanol–water partition coefficient (Wildman–Crippen LogP) is 2.95. The van der Waals surface area contributed by atoms with Crippen LogP contribution in [-0.4, -0.2) is 11.0 Å². The first-order chi connectivity index (χ1) is 3.63. The third-order valence-electron chi connectivity index (χ3n) is 0.763. The van der Waals surface area contributed by atoms with E-state index in [0.717, 1.165) is 11.2 Å². The lowest BCUT2D eigenvalue weighted by atomic mass is 10.3. The Labute approximate surface area is 63.2 Å². The zero-order chi connectivity index (χ0) is 6.57. The minimum Gasteiger partial charge on any atom is -0.344 e. The van der Waals surface area contributed by atoms with E-state index in [-0.39, 0.29) is 6.15 Å². The molecule has 0 atom stereocenters. The summed E-state index contributed by atoms with van der Waals surface area (Å²) in [6, 6.07) is 0. The van der Waals surface area contributed by atoms with E-state index in [1.165, 1.54) is 5.75 Å². The minimum absolute atomic E-state index is 0. The number of hydrogen-bond donors (Lipinski definition) is 1. The maximum Gasteiger partial charge on any atom is -0.000958 e. The SMILES string of the molecule is CC(C)CSC(C)C.N. The van der Waals surface area contributed by atoms with E-state index < -0.39 is 0 Å². The summed E-state index contributed by atoms with van der Waals surface area (Å²) >= 11 is 2.04. The van der Waals surface area contributed by atoms with E-state index in [0.29, 0.717) is 0 Å². The Morgan fingerprint density at radius 3 is 1.67 bits per heavy atom. The lowest BCUT2D eigenvalue weighted by Gasteiger charge is -2.05. The van der Waals surface area contributed by atoms with Crippen molar-refractivity contribution in [1.29, 1.82) is 0 Å². The van der Waals surface area contributed by atoms with Gasteiger partial charge in [0.05, 0.1) is 0 Å². The van der Waals surface area contributed by atoms with Gasteiger partial charge >= 0.3 is 0 Å². The van der Waals surface area contributed by atoms with Crippen LogP contribution in [0.2, 0.25) is 0 Å². The molecule has 1 nitrogen and oxygen atoms in total. The highest BCUT2D eigenvalue weighted by Crippen LogP contribution is 2.12. The quantitative estimate of drug-likeness (QED) is 0.669. The molecule has 3 N–H and O–H groups in total. The van der Waals surface area contributed by atoms with Gasteiger partial charge in [-0.25, -0.2) is 0 Å². The van der Waals surface area contributed by atoms with E-state index in [9.17, 15) is 0 Å². The highest BCUT2D eigenvalue weighted by atomic mass is 32.2. The molecule has 9 heavy (non-hydrogen) atoms. The van der Waals surface area contributed by atoms with Crippen LogP contribution in [0.5, 0.6) is 0 Å². The monoisotopic (exact) mass is 149 g/mol. The van der Waals surface area contributed by atoms with Gasteiger partial charge in [-0.15, -0.1) is 0 Å². The van der Waals surface area contributed by atoms with Gasteiger partial charge in [-0.2, -0.15) is 11.8 Å². The summed E-state index contributed by atoms with van der Waals surface area (Å²) in [5.41, 5.74) is 0. The average molecular weight is 149 g/mol. The van der Waals surface area contributed by atoms with Gasteiger partial charge in [0.15, 0.2) is 0 Å². The Morgan fingerprint density at radius 2 is 1.56 bits per heavy atom. The maximum absolute atomic E-state index is 2.26. The van der Waals surface area contributed by atoms with Crippen LogP contribution in [0.1, 0.15) is 27.7 Å². The first-order valence-corrected chi connectivity index (χ1v) is 4.29. The highest BCUT2D eigenvalue weighted by Gasteiger charge is 1.95. The molecule has 58 valence electrons. The minimum atomic E-state index is 0. The van der Waals surface area contributed by atoms with Crippen LogP contribution in [-0.2, 0) is 0 Å². The zero-order valence-electron chi connectivity index (χ0n) is 6.98. The van der Waals surface area contributed by atoms with Gasteiger partial charge in [0.2, 0.25) is 0 Å². The standard InChI is InChI=1S/C7H16S.H3N/c1-6(2)5-8-7(3)4;/h6-7H,5H2,1-4H3;1H3. The van der Waals surface area contributed by atoms with E-state index >= 15 is 0 Å². The van der Waals surface area contributed by atoms with Crippen molar-refractivity contribution in [1.82, 2.24) is 6.15 Å². The van der Waals surface area contributed by atoms with Crippen LogP contribution in [0.15, 0.2) is 0 Å². The second-order valence-corrected chi connectivity index (χ2v) is 4.39. The first-order valence-electron chi connectivity index (χ1n) is 3.24. The molecule has 0 bridgehead atoms. The van der Waals surface area contributed by atoms with Gasteiger partial charge in [0.25, 0.3) is 0 Å².